The van der Waals surface area contributed by atoms with Crippen LogP contribution in [0, 0.1) is 20.8 Å². The molecule has 0 aliphatic rings. The molecule has 0 fully saturated rings. The maximum atomic E-state index is 12.9. The van der Waals surface area contributed by atoms with Crippen molar-refractivity contribution >= 4 is 17.8 Å². The lowest BCUT2D eigenvalue weighted by atomic mass is 10.1. The Balaban J connectivity index is 1.73. The Morgan fingerprint density at radius 3 is 2.34 bits per heavy atom. The first-order valence-electron chi connectivity index (χ1n) is 9.89. The van der Waals surface area contributed by atoms with Crippen molar-refractivity contribution < 1.29 is 32.3 Å². The van der Waals surface area contributed by atoms with Crippen molar-refractivity contribution in [1.82, 2.24) is 4.57 Å². The summed E-state index contributed by atoms with van der Waals surface area (Å²) in [4.78, 5) is 25.0. The number of carbonyl (C=O) groups excluding carboxylic acids is 2. The van der Waals surface area contributed by atoms with E-state index in [0.717, 1.165) is 5.69 Å². The molecule has 2 aromatic heterocycles. The van der Waals surface area contributed by atoms with Gasteiger partial charge in [0.1, 0.15) is 17.3 Å². The first-order valence-corrected chi connectivity index (χ1v) is 9.89. The first-order chi connectivity index (χ1) is 15.2. The van der Waals surface area contributed by atoms with E-state index in [9.17, 15) is 18.4 Å². The van der Waals surface area contributed by atoms with E-state index >= 15 is 0 Å². The highest BCUT2D eigenvalue weighted by Gasteiger charge is 2.24. The van der Waals surface area contributed by atoms with Crippen molar-refractivity contribution in [2.75, 3.05) is 0 Å². The molecule has 8 heteroatoms. The lowest BCUT2D eigenvalue weighted by molar-refractivity contribution is -0.140. The number of furan rings is 1. The summed E-state index contributed by atoms with van der Waals surface area (Å²) in [7, 11) is 0. The number of carbonyl (C=O) groups is 2. The molecule has 0 bridgehead atoms. The van der Waals surface area contributed by atoms with Gasteiger partial charge in [-0.1, -0.05) is 0 Å². The van der Waals surface area contributed by atoms with E-state index in [-0.39, 0.29) is 11.5 Å². The average Bonchev–Trinajstić information content (AvgIpc) is 3.28. The number of aromatic nitrogens is 1. The smallest absolute Gasteiger partial charge is 0.387 e. The van der Waals surface area contributed by atoms with Crippen LogP contribution < -0.4 is 4.74 Å². The van der Waals surface area contributed by atoms with Crippen molar-refractivity contribution in [3.8, 4) is 11.4 Å². The molecule has 0 N–H and O–H groups in total. The normalized spacial score (nSPS) is 12.3. The summed E-state index contributed by atoms with van der Waals surface area (Å²) < 4.78 is 41.5. The largest absolute Gasteiger partial charge is 0.462 e. The molecule has 0 aliphatic heterocycles. The molecule has 0 saturated carbocycles. The molecule has 0 spiro atoms. The molecule has 0 amide bonds. The number of nitrogens with zero attached hydrogens (tertiary/aromatic N) is 1. The van der Waals surface area contributed by atoms with Crippen molar-refractivity contribution in [3.05, 3.63) is 77.0 Å². The topological polar surface area (TPSA) is 70.7 Å². The minimum absolute atomic E-state index is 0.0424. The van der Waals surface area contributed by atoms with E-state index in [1.54, 1.807) is 44.2 Å². The Bertz CT molecular complexity index is 1140. The summed E-state index contributed by atoms with van der Waals surface area (Å²) in [5, 5.41) is 0. The molecular weight excluding hydrogens is 420 g/mol. The number of ether oxygens (including phenoxy) is 2. The summed E-state index contributed by atoms with van der Waals surface area (Å²) in [5.41, 5.74) is 2.49. The van der Waals surface area contributed by atoms with Crippen LogP contribution in [0.2, 0.25) is 0 Å². The van der Waals surface area contributed by atoms with Crippen molar-refractivity contribution in [1.29, 1.82) is 0 Å². The van der Waals surface area contributed by atoms with E-state index in [0.29, 0.717) is 28.5 Å². The molecule has 32 heavy (non-hydrogen) atoms. The highest BCUT2D eigenvalue weighted by molar-refractivity contribution is 6.02. The van der Waals surface area contributed by atoms with Gasteiger partial charge < -0.3 is 18.5 Å². The van der Waals surface area contributed by atoms with Gasteiger partial charge in [-0.25, -0.2) is 4.79 Å². The fourth-order valence-corrected chi connectivity index (χ4v) is 3.37. The molecule has 1 aromatic carbocycles. The second-order valence-corrected chi connectivity index (χ2v) is 7.22. The zero-order chi connectivity index (χ0) is 23.4. The van der Waals surface area contributed by atoms with Gasteiger partial charge in [-0.2, -0.15) is 8.78 Å². The molecule has 0 saturated heterocycles. The predicted octanol–water partition coefficient (Wildman–Crippen LogP) is 5.42. The molecule has 2 heterocycles. The van der Waals surface area contributed by atoms with Gasteiger partial charge in [0.2, 0.25) is 5.78 Å². The van der Waals surface area contributed by atoms with Gasteiger partial charge in [0, 0.05) is 28.7 Å². The molecular formula is C24H23F2NO5. The van der Waals surface area contributed by atoms with E-state index in [1.165, 1.54) is 31.2 Å². The Labute approximate surface area is 184 Å². The monoisotopic (exact) mass is 443 g/mol. The number of aryl methyl sites for hydroxylation is 2. The number of hydrogen-bond donors (Lipinski definition) is 0. The van der Waals surface area contributed by atoms with Crippen LogP contribution in [-0.4, -0.2) is 29.0 Å². The summed E-state index contributed by atoms with van der Waals surface area (Å²) >= 11 is 0. The first kappa shape index (κ1) is 23.0. The highest BCUT2D eigenvalue weighted by atomic mass is 19.3. The van der Waals surface area contributed by atoms with Gasteiger partial charge in [0.25, 0.3) is 0 Å². The summed E-state index contributed by atoms with van der Waals surface area (Å²) in [6.07, 6.45) is 1.68. The predicted molar refractivity (Wildman–Crippen MR) is 114 cm³/mol. The van der Waals surface area contributed by atoms with Crippen LogP contribution in [0.4, 0.5) is 8.78 Å². The third-order valence-corrected chi connectivity index (χ3v) is 4.82. The zero-order valence-electron chi connectivity index (χ0n) is 18.1. The van der Waals surface area contributed by atoms with Gasteiger partial charge in [0.05, 0.1) is 0 Å². The number of rotatable bonds is 8. The van der Waals surface area contributed by atoms with Gasteiger partial charge in [-0.15, -0.1) is 0 Å². The standard InChI is InChI=1S/C24H23F2NO5/c1-14-13-21(16(3)27(14)18-6-9-20(10-7-18)32-24(25)26)23(29)17(4)31-22(28)12-11-19-8-5-15(2)30-19/h5-13,17,24H,1-4H3. The second-order valence-electron chi connectivity index (χ2n) is 7.22. The maximum Gasteiger partial charge on any atom is 0.387 e. The van der Waals surface area contributed by atoms with Crippen LogP contribution in [-0.2, 0) is 9.53 Å². The fraction of sp³-hybridized carbons (Fsp3) is 0.250. The molecule has 6 nitrogen and oxygen atoms in total. The fourth-order valence-electron chi connectivity index (χ4n) is 3.37. The number of benzene rings is 1. The molecule has 0 aliphatic carbocycles. The number of ketones is 1. The maximum absolute atomic E-state index is 12.9. The highest BCUT2D eigenvalue weighted by Crippen LogP contribution is 2.25. The summed E-state index contributed by atoms with van der Waals surface area (Å²) in [6, 6.07) is 11.3. The Kier molecular flexibility index (Phi) is 6.92. The molecule has 3 rings (SSSR count). The number of Topliss-reactive ketones (excluding diaryl/α,β-unsaturated/α-hetero) is 1. The minimum atomic E-state index is -2.90. The van der Waals surface area contributed by atoms with E-state index in [2.05, 4.69) is 4.74 Å². The lowest BCUT2D eigenvalue weighted by Gasteiger charge is -2.13. The summed E-state index contributed by atoms with van der Waals surface area (Å²) in [6.45, 7) is 3.98. The number of hydrogen-bond acceptors (Lipinski definition) is 5. The van der Waals surface area contributed by atoms with E-state index < -0.39 is 18.7 Å². The van der Waals surface area contributed by atoms with E-state index in [1.807, 2.05) is 11.5 Å². The van der Waals surface area contributed by atoms with Crippen LogP contribution in [0.3, 0.4) is 0 Å². The van der Waals surface area contributed by atoms with Crippen molar-refractivity contribution in [3.63, 3.8) is 0 Å². The van der Waals surface area contributed by atoms with Crippen molar-refractivity contribution in [2.45, 2.75) is 40.4 Å². The summed E-state index contributed by atoms with van der Waals surface area (Å²) in [5.74, 6) is 0.252. The Hall–Kier alpha value is -3.68. The molecule has 0 radical (unpaired) electrons. The Morgan fingerprint density at radius 1 is 1.06 bits per heavy atom. The zero-order valence-corrected chi connectivity index (χ0v) is 18.1. The van der Waals surface area contributed by atoms with Crippen LogP contribution in [0.15, 0.2) is 53.0 Å². The van der Waals surface area contributed by atoms with Gasteiger partial charge in [-0.05, 0) is 76.2 Å². The number of esters is 1. The van der Waals surface area contributed by atoms with Gasteiger partial charge in [0.15, 0.2) is 6.10 Å². The third kappa shape index (κ3) is 5.32. The van der Waals surface area contributed by atoms with Crippen molar-refractivity contribution in [2.24, 2.45) is 0 Å². The average molecular weight is 443 g/mol. The molecule has 1 atom stereocenters. The van der Waals surface area contributed by atoms with Crippen LogP contribution in [0.1, 0.15) is 40.2 Å². The Morgan fingerprint density at radius 2 is 1.75 bits per heavy atom. The van der Waals surface area contributed by atoms with E-state index in [4.69, 9.17) is 9.15 Å². The lowest BCUT2D eigenvalue weighted by Crippen LogP contribution is -2.24. The second kappa shape index (κ2) is 9.64. The third-order valence-electron chi connectivity index (χ3n) is 4.82. The quantitative estimate of drug-likeness (QED) is 0.264. The number of halogens is 2. The minimum Gasteiger partial charge on any atom is -0.462 e. The van der Waals surface area contributed by atoms with Crippen LogP contribution in [0.25, 0.3) is 11.8 Å². The van der Waals surface area contributed by atoms with Gasteiger partial charge >= 0.3 is 12.6 Å². The molecule has 3 aromatic rings. The molecule has 1 unspecified atom stereocenters. The number of alkyl halides is 2. The van der Waals surface area contributed by atoms with Gasteiger partial charge in [-0.3, -0.25) is 4.79 Å². The van der Waals surface area contributed by atoms with Crippen LogP contribution in [0.5, 0.6) is 5.75 Å². The van der Waals surface area contributed by atoms with Crippen LogP contribution >= 0.6 is 0 Å². The SMILES string of the molecule is Cc1ccc(C=CC(=O)OC(C)C(=O)c2cc(C)n(-c3ccc(OC(F)F)cc3)c2C)o1. The molecule has 168 valence electrons.